The van der Waals surface area contributed by atoms with Gasteiger partial charge in [0.2, 0.25) is 5.91 Å². The van der Waals surface area contributed by atoms with E-state index in [1.165, 1.54) is 62.3 Å². The molecule has 3 heterocycles. The number of nitrogens with two attached hydrogens (primary N) is 1. The maximum Gasteiger partial charge on any atom is 0.416 e. The normalized spacial score (nSPS) is 21.3. The van der Waals surface area contributed by atoms with Crippen LogP contribution in [0.5, 0.6) is 0 Å². The van der Waals surface area contributed by atoms with Crippen molar-refractivity contribution in [3.8, 4) is 0 Å². The zero-order valence-electron chi connectivity index (χ0n) is 23.7. The minimum atomic E-state index is -4.50. The number of ether oxygens (including phenoxy) is 1. The highest BCUT2D eigenvalue weighted by molar-refractivity contribution is 5.98. The highest BCUT2D eigenvalue weighted by atomic mass is 19.4. The number of rotatable bonds is 8. The zero-order chi connectivity index (χ0) is 29.4. The van der Waals surface area contributed by atoms with Crippen LogP contribution in [0, 0.1) is 5.92 Å². The van der Waals surface area contributed by atoms with Crippen LogP contribution in [0.2, 0.25) is 0 Å². The molecule has 3 N–H and O–H groups in total. The number of benzene rings is 1. The summed E-state index contributed by atoms with van der Waals surface area (Å²) in [5.74, 6) is 0.164. The first kappa shape index (κ1) is 31.0. The topological polar surface area (TPSA) is 97.6 Å². The van der Waals surface area contributed by atoms with Crippen LogP contribution in [-0.2, 0) is 28.5 Å². The summed E-state index contributed by atoms with van der Waals surface area (Å²) in [5, 5.41) is 3.81. The van der Waals surface area contributed by atoms with Gasteiger partial charge in [-0.3, -0.25) is 14.6 Å². The number of nitrogens with zero attached hydrogens (tertiary/aromatic N) is 2. The molecule has 224 valence electrons. The summed E-state index contributed by atoms with van der Waals surface area (Å²) in [5.41, 5.74) is 7.52. The molecule has 0 spiro atoms. The van der Waals surface area contributed by atoms with Gasteiger partial charge in [-0.25, -0.2) is 0 Å². The summed E-state index contributed by atoms with van der Waals surface area (Å²) in [4.78, 5) is 28.6. The Morgan fingerprint density at radius 1 is 1.17 bits per heavy atom. The van der Waals surface area contributed by atoms with Gasteiger partial charge in [0.05, 0.1) is 12.1 Å². The molecule has 7 nitrogen and oxygen atoms in total. The number of nitrogens with one attached hydrogen (secondary N) is 1. The largest absolute Gasteiger partial charge is 0.416 e. The molecule has 0 bridgehead atoms. The van der Waals surface area contributed by atoms with Gasteiger partial charge in [0.1, 0.15) is 0 Å². The predicted molar refractivity (Wildman–Crippen MR) is 150 cm³/mol. The number of fused-ring (bicyclic) bond motifs is 2. The SMILES string of the molecule is CCC(CNC1CCCOCC1)CC1CCc2cccnc21.NC(=O)CN1CCc2ccc(C(F)(F)F)cc2C1=O. The monoisotopic (exact) mass is 574 g/mol. The molecule has 10 heteroatoms. The fourth-order valence-corrected chi connectivity index (χ4v) is 6.00. The van der Waals surface area contributed by atoms with Crippen LogP contribution >= 0.6 is 0 Å². The van der Waals surface area contributed by atoms with E-state index in [0.29, 0.717) is 23.9 Å². The lowest BCUT2D eigenvalue weighted by molar-refractivity contribution is -0.137. The quantitative estimate of drug-likeness (QED) is 0.469. The standard InChI is InChI=1S/C19H30N2O.C12H11F3N2O2/c1-2-15(14-21-18-6-4-11-22-12-9-18)13-17-8-7-16-5-3-10-20-19(16)17;13-12(14,15)8-2-1-7-3-4-17(6-10(16)18)11(19)9(7)5-8/h3,5,10,15,17-18,21H,2,4,6-9,11-14H2,1H3;1-2,5H,3-4,6H2,(H2,16,18). The van der Waals surface area contributed by atoms with Gasteiger partial charge in [0.15, 0.2) is 0 Å². The van der Waals surface area contributed by atoms with Crippen molar-refractivity contribution in [2.24, 2.45) is 11.7 Å². The summed E-state index contributed by atoms with van der Waals surface area (Å²) in [7, 11) is 0. The smallest absolute Gasteiger partial charge is 0.381 e. The Hall–Kier alpha value is -2.98. The molecule has 3 atom stereocenters. The number of hydrogen-bond acceptors (Lipinski definition) is 5. The highest BCUT2D eigenvalue weighted by Gasteiger charge is 2.34. The van der Waals surface area contributed by atoms with Crippen molar-refractivity contribution in [2.75, 3.05) is 32.8 Å². The lowest BCUT2D eigenvalue weighted by Crippen LogP contribution is -2.42. The van der Waals surface area contributed by atoms with Crippen LogP contribution in [0.1, 0.15) is 84.1 Å². The van der Waals surface area contributed by atoms with Gasteiger partial charge in [-0.15, -0.1) is 0 Å². The number of carbonyl (C=O) groups excluding carboxylic acids is 2. The Bertz CT molecular complexity index is 1180. The van der Waals surface area contributed by atoms with Crippen molar-refractivity contribution in [2.45, 2.75) is 76.4 Å². The third-order valence-corrected chi connectivity index (χ3v) is 8.37. The number of amides is 2. The second-order valence-corrected chi connectivity index (χ2v) is 11.3. The number of carbonyl (C=O) groups is 2. The van der Waals surface area contributed by atoms with E-state index >= 15 is 0 Å². The first-order valence-corrected chi connectivity index (χ1v) is 14.7. The fraction of sp³-hybridized carbons (Fsp3) is 0.581. The van der Waals surface area contributed by atoms with Gasteiger partial charge >= 0.3 is 6.18 Å². The number of aryl methyl sites for hydroxylation is 1. The van der Waals surface area contributed by atoms with Crippen LogP contribution in [0.3, 0.4) is 0 Å². The van der Waals surface area contributed by atoms with E-state index in [1.54, 1.807) is 0 Å². The van der Waals surface area contributed by atoms with Crippen LogP contribution in [-0.4, -0.2) is 60.6 Å². The maximum atomic E-state index is 12.6. The molecule has 1 aromatic heterocycles. The fourth-order valence-electron chi connectivity index (χ4n) is 6.00. The first-order valence-electron chi connectivity index (χ1n) is 14.7. The van der Waals surface area contributed by atoms with Crippen molar-refractivity contribution < 1.29 is 27.5 Å². The first-order chi connectivity index (χ1) is 19.7. The van der Waals surface area contributed by atoms with Gasteiger partial charge < -0.3 is 20.7 Å². The second-order valence-electron chi connectivity index (χ2n) is 11.3. The van der Waals surface area contributed by atoms with Gasteiger partial charge in [-0.05, 0) is 86.7 Å². The summed E-state index contributed by atoms with van der Waals surface area (Å²) < 4.78 is 43.3. The Balaban J connectivity index is 0.000000191. The molecular weight excluding hydrogens is 533 g/mol. The number of primary amides is 1. The van der Waals surface area contributed by atoms with E-state index < -0.39 is 23.6 Å². The number of aromatic nitrogens is 1. The predicted octanol–water partition coefficient (Wildman–Crippen LogP) is 4.88. The third kappa shape index (κ3) is 8.52. The molecular formula is C31H41F3N4O3. The lowest BCUT2D eigenvalue weighted by Gasteiger charge is -2.28. The van der Waals surface area contributed by atoms with Crippen molar-refractivity contribution in [3.05, 3.63) is 64.5 Å². The molecule has 2 aromatic rings. The number of pyridine rings is 1. The zero-order valence-corrected chi connectivity index (χ0v) is 23.7. The van der Waals surface area contributed by atoms with E-state index in [0.717, 1.165) is 42.7 Å². The summed E-state index contributed by atoms with van der Waals surface area (Å²) >= 11 is 0. The van der Waals surface area contributed by atoms with Crippen molar-refractivity contribution in [3.63, 3.8) is 0 Å². The Morgan fingerprint density at radius 2 is 2.00 bits per heavy atom. The highest BCUT2D eigenvalue weighted by Crippen LogP contribution is 2.36. The Labute approximate surface area is 240 Å². The molecule has 0 radical (unpaired) electrons. The van der Waals surface area contributed by atoms with E-state index in [2.05, 4.69) is 29.4 Å². The minimum Gasteiger partial charge on any atom is -0.381 e. The van der Waals surface area contributed by atoms with E-state index in [9.17, 15) is 22.8 Å². The molecule has 1 aliphatic carbocycles. The molecule has 1 fully saturated rings. The van der Waals surface area contributed by atoms with E-state index in [-0.39, 0.29) is 18.7 Å². The number of halogens is 3. The lowest BCUT2D eigenvalue weighted by atomic mass is 9.90. The van der Waals surface area contributed by atoms with Gasteiger partial charge in [0.25, 0.3) is 5.91 Å². The van der Waals surface area contributed by atoms with Crippen LogP contribution < -0.4 is 11.1 Å². The number of alkyl halides is 3. The van der Waals surface area contributed by atoms with E-state index in [1.807, 2.05) is 6.20 Å². The van der Waals surface area contributed by atoms with Crippen LogP contribution in [0.25, 0.3) is 0 Å². The molecule has 1 aromatic carbocycles. The van der Waals surface area contributed by atoms with E-state index in [4.69, 9.17) is 10.5 Å². The Morgan fingerprint density at radius 3 is 2.76 bits per heavy atom. The maximum absolute atomic E-state index is 12.6. The molecule has 2 aliphatic heterocycles. The van der Waals surface area contributed by atoms with Crippen molar-refractivity contribution in [1.29, 1.82) is 0 Å². The van der Waals surface area contributed by atoms with Crippen LogP contribution in [0.15, 0.2) is 36.5 Å². The van der Waals surface area contributed by atoms with Gasteiger partial charge in [-0.1, -0.05) is 25.5 Å². The molecule has 41 heavy (non-hydrogen) atoms. The van der Waals surface area contributed by atoms with Gasteiger partial charge in [0, 0.05) is 49.2 Å². The average molecular weight is 575 g/mol. The average Bonchev–Trinajstić information content (AvgIpc) is 3.16. The molecule has 0 saturated carbocycles. The summed E-state index contributed by atoms with van der Waals surface area (Å²) in [6.45, 7) is 5.35. The molecule has 3 aliphatic rings. The molecule has 5 rings (SSSR count). The second kappa shape index (κ2) is 14.3. The molecule has 3 unspecified atom stereocenters. The van der Waals surface area contributed by atoms with Crippen molar-refractivity contribution >= 4 is 11.8 Å². The van der Waals surface area contributed by atoms with Gasteiger partial charge in [-0.2, -0.15) is 13.2 Å². The Kier molecular flexibility index (Phi) is 10.8. The molecule has 1 saturated heterocycles. The number of hydrogen-bond donors (Lipinski definition) is 2. The van der Waals surface area contributed by atoms with Crippen LogP contribution in [0.4, 0.5) is 13.2 Å². The molecule has 2 amide bonds. The minimum absolute atomic E-state index is 0.0117. The summed E-state index contributed by atoms with van der Waals surface area (Å²) in [6, 6.07) is 8.07. The third-order valence-electron chi connectivity index (χ3n) is 8.37. The summed E-state index contributed by atoms with van der Waals surface area (Å²) in [6.07, 6.45) is 6.57. The van der Waals surface area contributed by atoms with Crippen molar-refractivity contribution in [1.82, 2.24) is 15.2 Å².